The van der Waals surface area contributed by atoms with E-state index >= 15 is 0 Å². The van der Waals surface area contributed by atoms with Crippen molar-refractivity contribution in [2.24, 2.45) is 0 Å². The van der Waals surface area contributed by atoms with Gasteiger partial charge in [0.05, 0.1) is 30.4 Å². The topological polar surface area (TPSA) is 47.5 Å². The molecule has 5 nitrogen and oxygen atoms in total. The molecule has 30 heavy (non-hydrogen) atoms. The van der Waals surface area contributed by atoms with Gasteiger partial charge in [0.15, 0.2) is 0 Å². The lowest BCUT2D eigenvalue weighted by molar-refractivity contribution is -0.0380. The number of nitrogens with zero attached hydrogens (tertiary/aromatic N) is 3. The maximum absolute atomic E-state index is 5.99. The summed E-state index contributed by atoms with van der Waals surface area (Å²) in [5.41, 5.74) is 4.65. The summed E-state index contributed by atoms with van der Waals surface area (Å²) in [6, 6.07) is 19.2. The fourth-order valence-corrected chi connectivity index (χ4v) is 3.63. The summed E-state index contributed by atoms with van der Waals surface area (Å²) >= 11 is 0. The van der Waals surface area contributed by atoms with Gasteiger partial charge in [0.2, 0.25) is 0 Å². The molecule has 0 radical (unpaired) electrons. The average Bonchev–Trinajstić information content (AvgIpc) is 2.73. The van der Waals surface area contributed by atoms with Crippen molar-refractivity contribution in [3.63, 3.8) is 0 Å². The number of aryl methyl sites for hydroxylation is 1. The van der Waals surface area contributed by atoms with E-state index in [1.54, 1.807) is 6.20 Å². The predicted octanol–water partition coefficient (Wildman–Crippen LogP) is 4.30. The van der Waals surface area contributed by atoms with E-state index in [2.05, 4.69) is 65.1 Å². The maximum atomic E-state index is 5.99. The average molecular weight is 404 g/mol. The van der Waals surface area contributed by atoms with Crippen molar-refractivity contribution in [2.75, 3.05) is 27.3 Å². The van der Waals surface area contributed by atoms with Crippen molar-refractivity contribution >= 4 is 0 Å². The third-order valence-corrected chi connectivity index (χ3v) is 5.97. The first-order valence-corrected chi connectivity index (χ1v) is 10.3. The van der Waals surface area contributed by atoms with Crippen LogP contribution >= 0.6 is 0 Å². The molecule has 5 heteroatoms. The molecule has 1 atom stereocenters. The van der Waals surface area contributed by atoms with Gasteiger partial charge in [0, 0.05) is 6.20 Å². The summed E-state index contributed by atoms with van der Waals surface area (Å²) in [6.07, 6.45) is 1.80. The first-order chi connectivity index (χ1) is 14.5. The fraction of sp³-hybridized carbons (Fsp3) is 0.360. The van der Waals surface area contributed by atoms with Crippen LogP contribution in [0.1, 0.15) is 41.2 Å². The molecule has 1 fully saturated rings. The van der Waals surface area contributed by atoms with E-state index in [0.29, 0.717) is 19.8 Å². The summed E-state index contributed by atoms with van der Waals surface area (Å²) in [5.74, 6) is 1.64. The molecule has 1 aliphatic heterocycles. The standard InChI is InChI=1S/C25H29N3O2/c1-18-5-7-20(8-6-18)25(16-29-17-25)21-9-11-23(12-10-21)30-15-22-13-14-26-24(27-22)19(2)28(3)4/h5-14,19H,15-17H2,1-4H3. The van der Waals surface area contributed by atoms with Crippen molar-refractivity contribution < 1.29 is 9.47 Å². The number of benzene rings is 2. The maximum Gasteiger partial charge on any atom is 0.145 e. The zero-order valence-corrected chi connectivity index (χ0v) is 18.1. The van der Waals surface area contributed by atoms with Crippen molar-refractivity contribution in [3.05, 3.63) is 89.0 Å². The zero-order chi connectivity index (χ0) is 21.1. The molecule has 0 spiro atoms. The summed E-state index contributed by atoms with van der Waals surface area (Å²) in [6.45, 7) is 6.05. The van der Waals surface area contributed by atoms with Crippen molar-refractivity contribution in [2.45, 2.75) is 31.9 Å². The second-order valence-corrected chi connectivity index (χ2v) is 8.30. The molecule has 0 bridgehead atoms. The molecule has 1 aliphatic rings. The van der Waals surface area contributed by atoms with E-state index in [1.165, 1.54) is 16.7 Å². The summed E-state index contributed by atoms with van der Waals surface area (Å²) in [5, 5.41) is 0. The summed E-state index contributed by atoms with van der Waals surface area (Å²) in [4.78, 5) is 11.1. The molecule has 2 heterocycles. The van der Waals surface area contributed by atoms with E-state index in [-0.39, 0.29) is 11.5 Å². The molecule has 0 saturated carbocycles. The van der Waals surface area contributed by atoms with Crippen LogP contribution in [0.25, 0.3) is 0 Å². The van der Waals surface area contributed by atoms with Crippen molar-refractivity contribution in [1.29, 1.82) is 0 Å². The van der Waals surface area contributed by atoms with Crippen LogP contribution in [0, 0.1) is 6.92 Å². The number of hydrogen-bond acceptors (Lipinski definition) is 5. The van der Waals surface area contributed by atoms with Crippen LogP contribution in [0.2, 0.25) is 0 Å². The van der Waals surface area contributed by atoms with Gasteiger partial charge in [0.25, 0.3) is 0 Å². The number of ether oxygens (including phenoxy) is 2. The Morgan fingerprint density at radius 1 is 1.00 bits per heavy atom. The smallest absolute Gasteiger partial charge is 0.145 e. The van der Waals surface area contributed by atoms with Gasteiger partial charge in [-0.1, -0.05) is 42.0 Å². The molecule has 156 valence electrons. The van der Waals surface area contributed by atoms with Gasteiger partial charge < -0.3 is 9.47 Å². The number of aromatic nitrogens is 2. The highest BCUT2D eigenvalue weighted by atomic mass is 16.5. The van der Waals surface area contributed by atoms with Crippen LogP contribution in [-0.2, 0) is 16.8 Å². The Morgan fingerprint density at radius 2 is 1.63 bits per heavy atom. The van der Waals surface area contributed by atoms with E-state index in [9.17, 15) is 0 Å². The number of rotatable bonds is 7. The van der Waals surface area contributed by atoms with E-state index in [0.717, 1.165) is 17.3 Å². The van der Waals surface area contributed by atoms with Crippen LogP contribution < -0.4 is 4.74 Å². The highest BCUT2D eigenvalue weighted by molar-refractivity contribution is 5.44. The van der Waals surface area contributed by atoms with Gasteiger partial charge in [-0.05, 0) is 57.3 Å². The van der Waals surface area contributed by atoms with Gasteiger partial charge in [-0.2, -0.15) is 0 Å². The Kier molecular flexibility index (Phi) is 5.84. The lowest BCUT2D eigenvalue weighted by Gasteiger charge is -2.42. The van der Waals surface area contributed by atoms with Crippen LogP contribution in [-0.4, -0.2) is 42.2 Å². The second-order valence-electron chi connectivity index (χ2n) is 8.30. The first-order valence-electron chi connectivity index (χ1n) is 10.3. The molecule has 0 amide bonds. The minimum atomic E-state index is -0.0594. The Balaban J connectivity index is 1.45. The number of hydrogen-bond donors (Lipinski definition) is 0. The minimum Gasteiger partial charge on any atom is -0.487 e. The molecule has 1 saturated heterocycles. The zero-order valence-electron chi connectivity index (χ0n) is 18.1. The van der Waals surface area contributed by atoms with Gasteiger partial charge >= 0.3 is 0 Å². The minimum absolute atomic E-state index is 0.0594. The van der Waals surface area contributed by atoms with E-state index < -0.39 is 0 Å². The van der Waals surface area contributed by atoms with Crippen LogP contribution in [0.5, 0.6) is 5.75 Å². The third-order valence-electron chi connectivity index (χ3n) is 5.97. The van der Waals surface area contributed by atoms with Gasteiger partial charge in [-0.3, -0.25) is 4.90 Å². The normalized spacial score (nSPS) is 16.2. The van der Waals surface area contributed by atoms with Crippen LogP contribution in [0.15, 0.2) is 60.8 Å². The monoisotopic (exact) mass is 403 g/mol. The van der Waals surface area contributed by atoms with E-state index in [4.69, 9.17) is 9.47 Å². The molecule has 0 aliphatic carbocycles. The first kappa shape index (κ1) is 20.5. The Morgan fingerprint density at radius 3 is 2.20 bits per heavy atom. The SMILES string of the molecule is Cc1ccc(C2(c3ccc(OCc4ccnc(C(C)N(C)C)n4)cc3)COC2)cc1. The van der Waals surface area contributed by atoms with Gasteiger partial charge in [-0.25, -0.2) is 9.97 Å². The van der Waals surface area contributed by atoms with E-state index in [1.807, 2.05) is 32.3 Å². The quantitative estimate of drug-likeness (QED) is 0.589. The van der Waals surface area contributed by atoms with Crippen LogP contribution in [0.4, 0.5) is 0 Å². The van der Waals surface area contributed by atoms with Crippen LogP contribution in [0.3, 0.4) is 0 Å². The summed E-state index contributed by atoms with van der Waals surface area (Å²) < 4.78 is 11.6. The molecular weight excluding hydrogens is 374 g/mol. The van der Waals surface area contributed by atoms with Crippen molar-refractivity contribution in [3.8, 4) is 5.75 Å². The molecule has 1 unspecified atom stereocenters. The summed E-state index contributed by atoms with van der Waals surface area (Å²) in [7, 11) is 4.05. The fourth-order valence-electron chi connectivity index (χ4n) is 3.63. The Labute approximate surface area is 178 Å². The Hall–Kier alpha value is -2.76. The lowest BCUT2D eigenvalue weighted by Crippen LogP contribution is -2.47. The molecule has 1 aromatic heterocycles. The highest BCUT2D eigenvalue weighted by Gasteiger charge is 2.41. The van der Waals surface area contributed by atoms with Gasteiger partial charge in [-0.15, -0.1) is 0 Å². The largest absolute Gasteiger partial charge is 0.487 e. The highest BCUT2D eigenvalue weighted by Crippen LogP contribution is 2.39. The molecule has 4 rings (SSSR count). The molecule has 3 aromatic rings. The predicted molar refractivity (Wildman–Crippen MR) is 118 cm³/mol. The third kappa shape index (κ3) is 4.09. The van der Waals surface area contributed by atoms with Gasteiger partial charge in [0.1, 0.15) is 18.2 Å². The second kappa shape index (κ2) is 8.54. The molecule has 0 N–H and O–H groups in total. The molecular formula is C25H29N3O2. The lowest BCUT2D eigenvalue weighted by atomic mass is 9.73. The van der Waals surface area contributed by atoms with Crippen molar-refractivity contribution in [1.82, 2.24) is 14.9 Å². The Bertz CT molecular complexity index is 980. The molecule has 2 aromatic carbocycles.